The number of anilines is 1. The largest absolute Gasteiger partial charge is 0.323 e. The Kier molecular flexibility index (Phi) is 4.63. The van der Waals surface area contributed by atoms with Crippen molar-refractivity contribution in [1.29, 1.82) is 0 Å². The van der Waals surface area contributed by atoms with Crippen molar-refractivity contribution in [3.63, 3.8) is 0 Å². The van der Waals surface area contributed by atoms with E-state index in [1.807, 2.05) is 26.8 Å². The molecule has 1 aromatic carbocycles. The van der Waals surface area contributed by atoms with E-state index >= 15 is 0 Å². The van der Waals surface area contributed by atoms with Gasteiger partial charge in [0.2, 0.25) is 0 Å². The Bertz CT molecular complexity index is 504. The van der Waals surface area contributed by atoms with Gasteiger partial charge in [-0.1, -0.05) is 32.9 Å². The van der Waals surface area contributed by atoms with Gasteiger partial charge in [0.1, 0.15) is 0 Å². The molecule has 1 aromatic rings. The first-order valence-corrected chi connectivity index (χ1v) is 5.77. The number of amides is 2. The van der Waals surface area contributed by atoms with Crippen LogP contribution in [-0.2, 0) is 0 Å². The van der Waals surface area contributed by atoms with Gasteiger partial charge in [0, 0.05) is 24.0 Å². The predicted octanol–water partition coefficient (Wildman–Crippen LogP) is 3.28. The van der Waals surface area contributed by atoms with E-state index in [0.29, 0.717) is 5.69 Å². The topological polar surface area (TPSA) is 84.3 Å². The van der Waals surface area contributed by atoms with E-state index in [-0.39, 0.29) is 11.1 Å². The number of non-ortho nitro benzene ring substituents is 1. The van der Waals surface area contributed by atoms with Gasteiger partial charge < -0.3 is 10.6 Å². The average molecular weight is 263 g/mol. The molecule has 0 spiro atoms. The zero-order valence-corrected chi connectivity index (χ0v) is 11.1. The normalized spacial score (nSPS) is 11.3. The second-order valence-electron chi connectivity index (χ2n) is 5.11. The molecular formula is C13H17N3O3. The Labute approximate surface area is 111 Å². The number of carbonyl (C=O) groups is 1. The van der Waals surface area contributed by atoms with Crippen molar-refractivity contribution in [3.8, 4) is 0 Å². The maximum absolute atomic E-state index is 11.5. The van der Waals surface area contributed by atoms with Gasteiger partial charge in [-0.05, 0) is 11.5 Å². The molecule has 0 bridgehead atoms. The second kappa shape index (κ2) is 5.99. The molecular weight excluding hydrogens is 246 g/mol. The molecule has 0 aromatic heterocycles. The number of benzene rings is 1. The fraction of sp³-hybridized carbons (Fsp3) is 0.308. The molecule has 6 heteroatoms. The van der Waals surface area contributed by atoms with Gasteiger partial charge in [-0.2, -0.15) is 0 Å². The smallest absolute Gasteiger partial charge is 0.315 e. The van der Waals surface area contributed by atoms with Crippen molar-refractivity contribution in [3.05, 3.63) is 46.7 Å². The van der Waals surface area contributed by atoms with Gasteiger partial charge in [-0.15, -0.1) is 0 Å². The number of urea groups is 1. The highest BCUT2D eigenvalue weighted by molar-refractivity contribution is 5.90. The van der Waals surface area contributed by atoms with Crippen LogP contribution in [0.25, 0.3) is 0 Å². The minimum atomic E-state index is -0.511. The summed E-state index contributed by atoms with van der Waals surface area (Å²) in [4.78, 5) is 21.6. The number of nitro groups is 1. The first kappa shape index (κ1) is 14.7. The van der Waals surface area contributed by atoms with Gasteiger partial charge in [-0.25, -0.2) is 4.79 Å². The lowest BCUT2D eigenvalue weighted by atomic mass is 9.97. The van der Waals surface area contributed by atoms with Gasteiger partial charge in [0.05, 0.1) is 4.92 Å². The summed E-state index contributed by atoms with van der Waals surface area (Å²) in [7, 11) is 0. The monoisotopic (exact) mass is 263 g/mol. The molecule has 0 fully saturated rings. The van der Waals surface area contributed by atoms with E-state index < -0.39 is 11.0 Å². The van der Waals surface area contributed by atoms with E-state index in [4.69, 9.17) is 0 Å². The number of nitrogens with zero attached hydrogens (tertiary/aromatic N) is 1. The lowest BCUT2D eigenvalue weighted by Crippen LogP contribution is -2.24. The Balaban J connectivity index is 2.60. The van der Waals surface area contributed by atoms with Gasteiger partial charge in [0.25, 0.3) is 5.69 Å². The molecule has 2 amide bonds. The lowest BCUT2D eigenvalue weighted by molar-refractivity contribution is -0.384. The summed E-state index contributed by atoms with van der Waals surface area (Å²) in [6.45, 7) is 6.01. The molecule has 0 saturated heterocycles. The highest BCUT2D eigenvalue weighted by atomic mass is 16.6. The SMILES string of the molecule is CC(C)(C)/C=C/NC(=O)Nc1cccc([N+](=O)[O-])c1. The number of hydrogen-bond donors (Lipinski definition) is 2. The quantitative estimate of drug-likeness (QED) is 0.648. The average Bonchev–Trinajstić information content (AvgIpc) is 2.27. The minimum absolute atomic E-state index is 0.0290. The maximum atomic E-state index is 11.5. The zero-order valence-electron chi connectivity index (χ0n) is 11.1. The molecule has 1 rings (SSSR count). The van der Waals surface area contributed by atoms with Gasteiger partial charge >= 0.3 is 6.03 Å². The highest BCUT2D eigenvalue weighted by Crippen LogP contribution is 2.17. The number of carbonyl (C=O) groups excluding carboxylic acids is 1. The summed E-state index contributed by atoms with van der Waals surface area (Å²) in [5.41, 5.74) is 0.276. The summed E-state index contributed by atoms with van der Waals surface area (Å²) >= 11 is 0. The van der Waals surface area contributed by atoms with Crippen LogP contribution in [0.1, 0.15) is 20.8 Å². The fourth-order valence-electron chi connectivity index (χ4n) is 1.23. The first-order valence-electron chi connectivity index (χ1n) is 5.77. The van der Waals surface area contributed by atoms with Crippen LogP contribution in [0.15, 0.2) is 36.5 Å². The maximum Gasteiger partial charge on any atom is 0.323 e. The van der Waals surface area contributed by atoms with Crippen LogP contribution in [0.2, 0.25) is 0 Å². The van der Waals surface area contributed by atoms with Crippen LogP contribution < -0.4 is 10.6 Å². The molecule has 0 aliphatic heterocycles. The van der Waals surface area contributed by atoms with Crippen molar-refractivity contribution < 1.29 is 9.72 Å². The van der Waals surface area contributed by atoms with E-state index in [2.05, 4.69) is 10.6 Å². The summed E-state index contributed by atoms with van der Waals surface area (Å²) in [5, 5.41) is 15.6. The van der Waals surface area contributed by atoms with Crippen LogP contribution in [0.4, 0.5) is 16.2 Å². The number of nitrogens with one attached hydrogen (secondary N) is 2. The highest BCUT2D eigenvalue weighted by Gasteiger charge is 2.07. The van der Waals surface area contributed by atoms with E-state index in [1.54, 1.807) is 12.3 Å². The molecule has 0 unspecified atom stereocenters. The third-order valence-corrected chi connectivity index (χ3v) is 2.11. The van der Waals surface area contributed by atoms with E-state index in [0.717, 1.165) is 0 Å². The molecule has 0 aliphatic rings. The van der Waals surface area contributed by atoms with Crippen molar-refractivity contribution in [2.75, 3.05) is 5.32 Å². The number of allylic oxidation sites excluding steroid dienone is 1. The predicted molar refractivity (Wildman–Crippen MR) is 73.8 cm³/mol. The van der Waals surface area contributed by atoms with Crippen molar-refractivity contribution in [1.82, 2.24) is 5.32 Å². The molecule has 0 heterocycles. The fourth-order valence-corrected chi connectivity index (χ4v) is 1.23. The number of hydrogen-bond acceptors (Lipinski definition) is 3. The minimum Gasteiger partial charge on any atom is -0.315 e. The zero-order chi connectivity index (χ0) is 14.5. The molecule has 2 N–H and O–H groups in total. The van der Waals surface area contributed by atoms with E-state index in [1.165, 1.54) is 18.2 Å². The molecule has 102 valence electrons. The first-order chi connectivity index (χ1) is 8.78. The molecule has 0 atom stereocenters. The van der Waals surface area contributed by atoms with Gasteiger partial charge in [0.15, 0.2) is 0 Å². The van der Waals surface area contributed by atoms with Gasteiger partial charge in [-0.3, -0.25) is 10.1 Å². The third-order valence-electron chi connectivity index (χ3n) is 2.11. The van der Waals surface area contributed by atoms with Crippen LogP contribution in [0, 0.1) is 15.5 Å². The molecule has 0 saturated carbocycles. The Hall–Kier alpha value is -2.37. The Morgan fingerprint density at radius 1 is 1.37 bits per heavy atom. The number of nitro benzene ring substituents is 1. The Morgan fingerprint density at radius 2 is 2.05 bits per heavy atom. The van der Waals surface area contributed by atoms with Crippen LogP contribution in [-0.4, -0.2) is 11.0 Å². The van der Waals surface area contributed by atoms with Crippen molar-refractivity contribution >= 4 is 17.4 Å². The summed E-state index contributed by atoms with van der Waals surface area (Å²) in [5.74, 6) is 0. The van der Waals surface area contributed by atoms with Crippen LogP contribution >= 0.6 is 0 Å². The van der Waals surface area contributed by atoms with Crippen LogP contribution in [0.5, 0.6) is 0 Å². The molecule has 0 aliphatic carbocycles. The van der Waals surface area contributed by atoms with Crippen molar-refractivity contribution in [2.24, 2.45) is 5.41 Å². The van der Waals surface area contributed by atoms with Crippen LogP contribution in [0.3, 0.4) is 0 Å². The van der Waals surface area contributed by atoms with Crippen molar-refractivity contribution in [2.45, 2.75) is 20.8 Å². The third kappa shape index (κ3) is 5.67. The molecule has 0 radical (unpaired) electrons. The number of rotatable bonds is 3. The molecule has 19 heavy (non-hydrogen) atoms. The summed E-state index contributed by atoms with van der Waals surface area (Å²) in [6, 6.07) is 5.31. The second-order valence-corrected chi connectivity index (χ2v) is 5.11. The van der Waals surface area contributed by atoms with E-state index in [9.17, 15) is 14.9 Å². The lowest BCUT2D eigenvalue weighted by Gasteiger charge is -2.11. The summed E-state index contributed by atoms with van der Waals surface area (Å²) in [6.07, 6.45) is 3.40. The standard InChI is InChI=1S/C13H17N3O3/c1-13(2,3)7-8-14-12(17)15-10-5-4-6-11(9-10)16(18)19/h4-9H,1-3H3,(H2,14,15,17)/b8-7+. The Morgan fingerprint density at radius 3 is 2.63 bits per heavy atom. The molecule has 6 nitrogen and oxygen atoms in total. The summed E-state index contributed by atoms with van der Waals surface area (Å²) < 4.78 is 0.